The molecule has 20 heavy (non-hydrogen) atoms. The zero-order chi connectivity index (χ0) is 14.4. The number of hydrogen-bond donors (Lipinski definition) is 1. The highest BCUT2D eigenvalue weighted by Crippen LogP contribution is 2.24. The van der Waals surface area contributed by atoms with Crippen LogP contribution in [-0.2, 0) is 11.3 Å². The van der Waals surface area contributed by atoms with Gasteiger partial charge in [0, 0.05) is 39.0 Å². The fourth-order valence-electron chi connectivity index (χ4n) is 2.90. The molecule has 3 nitrogen and oxygen atoms in total. The first-order valence-electron chi connectivity index (χ1n) is 7.75. The molecular formula is C17H28N2O. The van der Waals surface area contributed by atoms with Crippen molar-refractivity contribution in [3.63, 3.8) is 0 Å². The van der Waals surface area contributed by atoms with Gasteiger partial charge in [-0.15, -0.1) is 0 Å². The Morgan fingerprint density at radius 1 is 1.40 bits per heavy atom. The predicted molar refractivity (Wildman–Crippen MR) is 85.4 cm³/mol. The van der Waals surface area contributed by atoms with Crippen molar-refractivity contribution in [1.82, 2.24) is 5.32 Å². The molecule has 1 aliphatic heterocycles. The molecule has 1 aromatic rings. The molecule has 1 saturated heterocycles. The average Bonchev–Trinajstić information content (AvgIpc) is 2.45. The molecular weight excluding hydrogens is 248 g/mol. The molecule has 0 saturated carbocycles. The largest absolute Gasteiger partial charge is 0.383 e. The number of methoxy groups -OCH3 is 1. The fraction of sp³-hybridized carbons (Fsp3) is 0.647. The van der Waals surface area contributed by atoms with Gasteiger partial charge in [-0.1, -0.05) is 13.0 Å². The Labute approximate surface area is 123 Å². The second-order valence-electron chi connectivity index (χ2n) is 5.97. The summed E-state index contributed by atoms with van der Waals surface area (Å²) >= 11 is 0. The van der Waals surface area contributed by atoms with E-state index in [1.807, 2.05) is 0 Å². The van der Waals surface area contributed by atoms with E-state index in [9.17, 15) is 0 Å². The predicted octanol–water partition coefficient (Wildman–Crippen LogP) is 2.97. The van der Waals surface area contributed by atoms with E-state index in [1.54, 1.807) is 7.11 Å². The summed E-state index contributed by atoms with van der Waals surface area (Å²) in [5, 5.41) is 3.41. The highest BCUT2D eigenvalue weighted by Gasteiger charge is 2.16. The highest BCUT2D eigenvalue weighted by molar-refractivity contribution is 5.51. The van der Waals surface area contributed by atoms with Crippen molar-refractivity contribution in [3.05, 3.63) is 29.3 Å². The lowest BCUT2D eigenvalue weighted by Crippen LogP contribution is -2.34. The van der Waals surface area contributed by atoms with Crippen molar-refractivity contribution in [2.45, 2.75) is 33.2 Å². The van der Waals surface area contributed by atoms with Crippen molar-refractivity contribution >= 4 is 5.69 Å². The Bertz CT molecular complexity index is 419. The SMILES string of the molecule is COCCNCc1ccc(N2CCCC(C)C2)cc1C. The van der Waals surface area contributed by atoms with Crippen LogP contribution >= 0.6 is 0 Å². The monoisotopic (exact) mass is 276 g/mol. The summed E-state index contributed by atoms with van der Waals surface area (Å²) in [4.78, 5) is 2.53. The van der Waals surface area contributed by atoms with E-state index in [4.69, 9.17) is 4.74 Å². The molecule has 1 heterocycles. The second-order valence-corrected chi connectivity index (χ2v) is 5.97. The van der Waals surface area contributed by atoms with Crippen LogP contribution in [0, 0.1) is 12.8 Å². The summed E-state index contributed by atoms with van der Waals surface area (Å²) in [5.41, 5.74) is 4.15. The summed E-state index contributed by atoms with van der Waals surface area (Å²) < 4.78 is 5.05. The number of aryl methyl sites for hydroxylation is 1. The summed E-state index contributed by atoms with van der Waals surface area (Å²) in [5.74, 6) is 0.819. The van der Waals surface area contributed by atoms with Gasteiger partial charge in [0.15, 0.2) is 0 Å². The average molecular weight is 276 g/mol. The van der Waals surface area contributed by atoms with Crippen LogP contribution in [0.2, 0.25) is 0 Å². The number of hydrogen-bond acceptors (Lipinski definition) is 3. The quantitative estimate of drug-likeness (QED) is 0.809. The van der Waals surface area contributed by atoms with Gasteiger partial charge in [0.1, 0.15) is 0 Å². The lowest BCUT2D eigenvalue weighted by Gasteiger charge is -2.33. The molecule has 0 spiro atoms. The Morgan fingerprint density at radius 3 is 2.95 bits per heavy atom. The molecule has 0 radical (unpaired) electrons. The van der Waals surface area contributed by atoms with E-state index >= 15 is 0 Å². The second kappa shape index (κ2) is 7.65. The van der Waals surface area contributed by atoms with Gasteiger partial charge in [0.25, 0.3) is 0 Å². The molecule has 0 amide bonds. The Hall–Kier alpha value is -1.06. The first-order valence-corrected chi connectivity index (χ1v) is 7.75. The summed E-state index contributed by atoms with van der Waals surface area (Å²) in [7, 11) is 1.74. The number of benzene rings is 1. The molecule has 0 aromatic heterocycles. The van der Waals surface area contributed by atoms with E-state index < -0.39 is 0 Å². The molecule has 3 heteroatoms. The number of piperidine rings is 1. The minimum absolute atomic E-state index is 0.767. The molecule has 1 aliphatic rings. The third-order valence-corrected chi connectivity index (χ3v) is 4.15. The van der Waals surface area contributed by atoms with Gasteiger partial charge in [-0.2, -0.15) is 0 Å². The Balaban J connectivity index is 1.94. The molecule has 112 valence electrons. The fourth-order valence-corrected chi connectivity index (χ4v) is 2.90. The smallest absolute Gasteiger partial charge is 0.0587 e. The van der Waals surface area contributed by atoms with Gasteiger partial charge in [0.05, 0.1) is 6.61 Å². The number of ether oxygens (including phenoxy) is 1. The van der Waals surface area contributed by atoms with Crippen LogP contribution in [-0.4, -0.2) is 33.4 Å². The molecule has 0 aliphatic carbocycles. The van der Waals surface area contributed by atoms with Crippen LogP contribution in [0.4, 0.5) is 5.69 Å². The molecule has 1 aromatic carbocycles. The molecule has 1 fully saturated rings. The van der Waals surface area contributed by atoms with Crippen LogP contribution in [0.3, 0.4) is 0 Å². The van der Waals surface area contributed by atoms with E-state index in [0.717, 1.165) is 25.6 Å². The van der Waals surface area contributed by atoms with Crippen molar-refractivity contribution < 1.29 is 4.74 Å². The number of rotatable bonds is 6. The topological polar surface area (TPSA) is 24.5 Å². The highest BCUT2D eigenvalue weighted by atomic mass is 16.5. The molecule has 1 atom stereocenters. The minimum atomic E-state index is 0.767. The molecule has 1 unspecified atom stereocenters. The van der Waals surface area contributed by atoms with Crippen molar-refractivity contribution in [2.75, 3.05) is 38.3 Å². The Morgan fingerprint density at radius 2 is 2.25 bits per heavy atom. The van der Waals surface area contributed by atoms with Gasteiger partial charge in [-0.05, 0) is 48.9 Å². The maximum atomic E-state index is 5.05. The van der Waals surface area contributed by atoms with Crippen LogP contribution < -0.4 is 10.2 Å². The van der Waals surface area contributed by atoms with E-state index in [1.165, 1.54) is 42.7 Å². The normalized spacial score (nSPS) is 19.4. The van der Waals surface area contributed by atoms with E-state index in [2.05, 4.69) is 42.3 Å². The summed E-state index contributed by atoms with van der Waals surface area (Å²) in [6.45, 7) is 9.56. The molecule has 0 bridgehead atoms. The number of nitrogens with one attached hydrogen (secondary N) is 1. The van der Waals surface area contributed by atoms with Gasteiger partial charge in [0.2, 0.25) is 0 Å². The van der Waals surface area contributed by atoms with Crippen molar-refractivity contribution in [1.29, 1.82) is 0 Å². The lowest BCUT2D eigenvalue weighted by atomic mass is 9.99. The first kappa shape index (κ1) is 15.3. The maximum absolute atomic E-state index is 5.05. The molecule has 1 N–H and O–H groups in total. The summed E-state index contributed by atoms with van der Waals surface area (Å²) in [6, 6.07) is 6.88. The zero-order valence-corrected chi connectivity index (χ0v) is 13.1. The third kappa shape index (κ3) is 4.22. The van der Waals surface area contributed by atoms with Gasteiger partial charge >= 0.3 is 0 Å². The number of nitrogens with zero attached hydrogens (tertiary/aromatic N) is 1. The van der Waals surface area contributed by atoms with Gasteiger partial charge < -0.3 is 15.0 Å². The summed E-state index contributed by atoms with van der Waals surface area (Å²) in [6.07, 6.45) is 2.69. The first-order chi connectivity index (χ1) is 9.70. The maximum Gasteiger partial charge on any atom is 0.0587 e. The Kier molecular flexibility index (Phi) is 5.86. The molecule has 2 rings (SSSR count). The lowest BCUT2D eigenvalue weighted by molar-refractivity contribution is 0.199. The number of anilines is 1. The van der Waals surface area contributed by atoms with Crippen LogP contribution in [0.5, 0.6) is 0 Å². The van der Waals surface area contributed by atoms with Gasteiger partial charge in [-0.25, -0.2) is 0 Å². The standard InChI is InChI=1S/C17H28N2O/c1-14-5-4-9-19(13-14)17-7-6-16(15(2)11-17)12-18-8-10-20-3/h6-7,11,14,18H,4-5,8-10,12-13H2,1-3H3. The van der Waals surface area contributed by atoms with Crippen molar-refractivity contribution in [2.24, 2.45) is 5.92 Å². The zero-order valence-electron chi connectivity index (χ0n) is 13.1. The van der Waals surface area contributed by atoms with E-state index in [-0.39, 0.29) is 0 Å². The third-order valence-electron chi connectivity index (χ3n) is 4.15. The van der Waals surface area contributed by atoms with Crippen LogP contribution in [0.25, 0.3) is 0 Å². The van der Waals surface area contributed by atoms with E-state index in [0.29, 0.717) is 0 Å². The van der Waals surface area contributed by atoms with Crippen LogP contribution in [0.1, 0.15) is 30.9 Å². The van der Waals surface area contributed by atoms with Gasteiger partial charge in [-0.3, -0.25) is 0 Å². The van der Waals surface area contributed by atoms with Crippen molar-refractivity contribution in [3.8, 4) is 0 Å². The van der Waals surface area contributed by atoms with Crippen LogP contribution in [0.15, 0.2) is 18.2 Å². The minimum Gasteiger partial charge on any atom is -0.383 e.